The number of hydrogen-bond donors (Lipinski definition) is 2. The summed E-state index contributed by atoms with van der Waals surface area (Å²) in [4.78, 5) is 6.45. The molecule has 2 N–H and O–H groups in total. The van der Waals surface area contributed by atoms with E-state index in [-0.39, 0.29) is 6.61 Å². The van der Waals surface area contributed by atoms with E-state index in [1.165, 1.54) is 0 Å². The quantitative estimate of drug-likeness (QED) is 0.510. The lowest BCUT2D eigenvalue weighted by Crippen LogP contribution is -2.35. The third-order valence-electron chi connectivity index (χ3n) is 4.39. The predicted molar refractivity (Wildman–Crippen MR) is 110 cm³/mol. The van der Waals surface area contributed by atoms with Gasteiger partial charge < -0.3 is 24.8 Å². The number of aromatic nitrogens is 1. The van der Waals surface area contributed by atoms with Crippen molar-refractivity contribution in [1.82, 2.24) is 15.2 Å². The number of methoxy groups -OCH3 is 1. The van der Waals surface area contributed by atoms with Crippen molar-refractivity contribution >= 4 is 11.3 Å². The molecule has 0 aliphatic rings. The standard InChI is InChI=1S/C20H31N3O3S/c1-4-23(5-2)12-18(24)13-26-19-7-6-16(10-20(19)25-3)11-21-9-8-17-14-27-15-22-17/h6-7,10,14-15,18,21,24H,4-5,8-9,11-13H2,1-3H3. The Hall–Kier alpha value is -1.67. The molecule has 1 heterocycles. The van der Waals surface area contributed by atoms with E-state index in [2.05, 4.69) is 34.4 Å². The number of aliphatic hydroxyl groups is 1. The zero-order valence-electron chi connectivity index (χ0n) is 16.5. The van der Waals surface area contributed by atoms with E-state index in [0.29, 0.717) is 18.0 Å². The Morgan fingerprint density at radius 3 is 2.74 bits per heavy atom. The fourth-order valence-electron chi connectivity index (χ4n) is 2.77. The van der Waals surface area contributed by atoms with Gasteiger partial charge >= 0.3 is 0 Å². The molecule has 1 unspecified atom stereocenters. The number of thiazole rings is 1. The molecule has 1 aromatic carbocycles. The molecule has 0 radical (unpaired) electrons. The molecule has 0 saturated carbocycles. The molecule has 2 aromatic rings. The van der Waals surface area contributed by atoms with Crippen LogP contribution in [0.4, 0.5) is 0 Å². The van der Waals surface area contributed by atoms with E-state index in [1.54, 1.807) is 18.4 Å². The van der Waals surface area contributed by atoms with Gasteiger partial charge in [0, 0.05) is 31.4 Å². The molecule has 2 rings (SSSR count). The van der Waals surface area contributed by atoms with Gasteiger partial charge in [0.15, 0.2) is 11.5 Å². The van der Waals surface area contributed by atoms with Gasteiger partial charge in [-0.05, 0) is 30.8 Å². The summed E-state index contributed by atoms with van der Waals surface area (Å²) in [7, 11) is 1.63. The van der Waals surface area contributed by atoms with Crippen LogP contribution >= 0.6 is 11.3 Å². The first kappa shape index (κ1) is 21.6. The fourth-order valence-corrected chi connectivity index (χ4v) is 3.36. The van der Waals surface area contributed by atoms with Crippen molar-refractivity contribution in [2.24, 2.45) is 0 Å². The molecular formula is C20H31N3O3S. The third kappa shape index (κ3) is 7.46. The molecular weight excluding hydrogens is 362 g/mol. The summed E-state index contributed by atoms with van der Waals surface area (Å²) < 4.78 is 11.2. The average molecular weight is 394 g/mol. The highest BCUT2D eigenvalue weighted by Gasteiger charge is 2.12. The fraction of sp³-hybridized carbons (Fsp3) is 0.550. The van der Waals surface area contributed by atoms with E-state index < -0.39 is 6.10 Å². The van der Waals surface area contributed by atoms with Crippen LogP contribution in [0.1, 0.15) is 25.1 Å². The van der Waals surface area contributed by atoms with Crippen LogP contribution in [0.15, 0.2) is 29.1 Å². The maximum absolute atomic E-state index is 10.2. The van der Waals surface area contributed by atoms with Gasteiger partial charge in [-0.3, -0.25) is 0 Å². The Morgan fingerprint density at radius 2 is 2.07 bits per heavy atom. The van der Waals surface area contributed by atoms with Crippen molar-refractivity contribution in [3.63, 3.8) is 0 Å². The van der Waals surface area contributed by atoms with Gasteiger partial charge in [0.1, 0.15) is 12.7 Å². The second kappa shape index (κ2) is 11.9. The molecule has 0 spiro atoms. The van der Waals surface area contributed by atoms with Crippen LogP contribution in [-0.2, 0) is 13.0 Å². The zero-order valence-corrected chi connectivity index (χ0v) is 17.3. The van der Waals surface area contributed by atoms with Crippen LogP contribution in [0.25, 0.3) is 0 Å². The molecule has 6 nitrogen and oxygen atoms in total. The lowest BCUT2D eigenvalue weighted by Gasteiger charge is -2.22. The van der Waals surface area contributed by atoms with Crippen molar-refractivity contribution in [1.29, 1.82) is 0 Å². The van der Waals surface area contributed by atoms with Gasteiger partial charge in [-0.15, -0.1) is 11.3 Å². The summed E-state index contributed by atoms with van der Waals surface area (Å²) in [5.74, 6) is 1.34. The van der Waals surface area contributed by atoms with Crippen molar-refractivity contribution in [3.05, 3.63) is 40.3 Å². The molecule has 27 heavy (non-hydrogen) atoms. The van der Waals surface area contributed by atoms with Gasteiger partial charge in [0.05, 0.1) is 18.3 Å². The Balaban J connectivity index is 1.80. The average Bonchev–Trinajstić information content (AvgIpc) is 3.21. The summed E-state index contributed by atoms with van der Waals surface area (Å²) in [6.07, 6.45) is 0.397. The Bertz CT molecular complexity index is 648. The van der Waals surface area contributed by atoms with Crippen LogP contribution in [0.5, 0.6) is 11.5 Å². The number of benzene rings is 1. The summed E-state index contributed by atoms with van der Waals surface area (Å²) in [6.45, 7) is 8.50. The van der Waals surface area contributed by atoms with Crippen LogP contribution in [0.3, 0.4) is 0 Å². The van der Waals surface area contributed by atoms with E-state index >= 15 is 0 Å². The highest BCUT2D eigenvalue weighted by Crippen LogP contribution is 2.28. The van der Waals surface area contributed by atoms with Crippen molar-refractivity contribution < 1.29 is 14.6 Å². The van der Waals surface area contributed by atoms with Crippen LogP contribution in [0.2, 0.25) is 0 Å². The number of rotatable bonds is 13. The maximum Gasteiger partial charge on any atom is 0.161 e. The van der Waals surface area contributed by atoms with Gasteiger partial charge in [-0.25, -0.2) is 4.98 Å². The molecule has 0 fully saturated rings. The molecule has 0 saturated heterocycles. The zero-order chi connectivity index (χ0) is 19.5. The Morgan fingerprint density at radius 1 is 1.26 bits per heavy atom. The number of ether oxygens (including phenoxy) is 2. The first-order valence-electron chi connectivity index (χ1n) is 9.44. The van der Waals surface area contributed by atoms with E-state index in [1.807, 2.05) is 23.7 Å². The number of nitrogens with zero attached hydrogens (tertiary/aromatic N) is 2. The van der Waals surface area contributed by atoms with Gasteiger partial charge in [-0.1, -0.05) is 19.9 Å². The van der Waals surface area contributed by atoms with Crippen LogP contribution in [0, 0.1) is 0 Å². The SMILES string of the molecule is CCN(CC)CC(O)COc1ccc(CNCCc2cscn2)cc1OC. The molecule has 7 heteroatoms. The molecule has 0 amide bonds. The minimum Gasteiger partial charge on any atom is -0.493 e. The molecule has 0 aliphatic carbocycles. The van der Waals surface area contributed by atoms with Crippen LogP contribution < -0.4 is 14.8 Å². The van der Waals surface area contributed by atoms with Gasteiger partial charge in [0.2, 0.25) is 0 Å². The second-order valence-electron chi connectivity index (χ2n) is 6.34. The van der Waals surface area contributed by atoms with Gasteiger partial charge in [0.25, 0.3) is 0 Å². The van der Waals surface area contributed by atoms with E-state index in [4.69, 9.17) is 9.47 Å². The number of likely N-dealkylation sites (N-methyl/N-ethyl adjacent to an activating group) is 1. The lowest BCUT2D eigenvalue weighted by atomic mass is 10.2. The predicted octanol–water partition coefficient (Wildman–Crippen LogP) is 2.57. The smallest absolute Gasteiger partial charge is 0.161 e. The maximum atomic E-state index is 10.2. The van der Waals surface area contributed by atoms with Gasteiger partial charge in [-0.2, -0.15) is 0 Å². The summed E-state index contributed by atoms with van der Waals surface area (Å²) >= 11 is 1.62. The Kier molecular flexibility index (Phi) is 9.55. The van der Waals surface area contributed by atoms with E-state index in [0.717, 1.165) is 43.9 Å². The minimum atomic E-state index is -0.526. The van der Waals surface area contributed by atoms with Crippen molar-refractivity contribution in [2.45, 2.75) is 32.9 Å². The second-order valence-corrected chi connectivity index (χ2v) is 7.06. The number of nitrogens with one attached hydrogen (secondary N) is 1. The highest BCUT2D eigenvalue weighted by atomic mass is 32.1. The highest BCUT2D eigenvalue weighted by molar-refractivity contribution is 7.07. The van der Waals surface area contributed by atoms with Crippen molar-refractivity contribution in [2.75, 3.05) is 39.9 Å². The normalized spacial score (nSPS) is 12.3. The Labute approximate surface area is 166 Å². The molecule has 150 valence electrons. The summed E-state index contributed by atoms with van der Waals surface area (Å²) in [6, 6.07) is 5.90. The first-order chi connectivity index (χ1) is 13.2. The number of aliphatic hydroxyl groups excluding tert-OH is 1. The molecule has 0 bridgehead atoms. The minimum absolute atomic E-state index is 0.248. The largest absolute Gasteiger partial charge is 0.493 e. The molecule has 1 atom stereocenters. The number of hydrogen-bond acceptors (Lipinski definition) is 7. The van der Waals surface area contributed by atoms with Crippen LogP contribution in [-0.4, -0.2) is 61.0 Å². The van der Waals surface area contributed by atoms with Crippen molar-refractivity contribution in [3.8, 4) is 11.5 Å². The van der Waals surface area contributed by atoms with E-state index in [9.17, 15) is 5.11 Å². The summed E-state index contributed by atoms with van der Waals surface area (Å²) in [5.41, 5.74) is 4.11. The summed E-state index contributed by atoms with van der Waals surface area (Å²) in [5, 5.41) is 15.7. The first-order valence-corrected chi connectivity index (χ1v) is 10.4. The third-order valence-corrected chi connectivity index (χ3v) is 5.03. The molecule has 0 aliphatic heterocycles. The topological polar surface area (TPSA) is 66.9 Å². The molecule has 1 aromatic heterocycles. The monoisotopic (exact) mass is 393 g/mol. The lowest BCUT2D eigenvalue weighted by molar-refractivity contribution is 0.0705.